The molecule has 1 fully saturated rings. The second kappa shape index (κ2) is 9.92. The van der Waals surface area contributed by atoms with Crippen molar-refractivity contribution in [2.75, 3.05) is 33.2 Å². The minimum atomic E-state index is 0.118. The summed E-state index contributed by atoms with van der Waals surface area (Å²) in [5, 5.41) is 6.87. The number of oxazole rings is 1. The monoisotopic (exact) mass is 397 g/mol. The van der Waals surface area contributed by atoms with E-state index in [2.05, 4.69) is 58.4 Å². The van der Waals surface area contributed by atoms with Gasteiger partial charge in [0.2, 0.25) is 5.89 Å². The van der Waals surface area contributed by atoms with E-state index in [0.29, 0.717) is 5.89 Å². The van der Waals surface area contributed by atoms with E-state index >= 15 is 0 Å². The van der Waals surface area contributed by atoms with Crippen molar-refractivity contribution in [2.24, 2.45) is 4.99 Å². The van der Waals surface area contributed by atoms with E-state index in [0.717, 1.165) is 36.7 Å². The molecule has 6 heteroatoms. The summed E-state index contributed by atoms with van der Waals surface area (Å²) in [5.74, 6) is 1.50. The highest BCUT2D eigenvalue weighted by atomic mass is 16.3. The number of guanidine groups is 1. The van der Waals surface area contributed by atoms with E-state index in [1.807, 2.05) is 19.2 Å². The van der Waals surface area contributed by atoms with Crippen LogP contribution in [0, 0.1) is 6.92 Å². The van der Waals surface area contributed by atoms with Gasteiger partial charge in [-0.2, -0.15) is 0 Å². The van der Waals surface area contributed by atoms with Gasteiger partial charge in [-0.05, 0) is 58.8 Å². The van der Waals surface area contributed by atoms with Gasteiger partial charge in [0, 0.05) is 37.7 Å². The quantitative estimate of drug-likeness (QED) is 0.552. The number of benzene rings is 1. The highest BCUT2D eigenvalue weighted by Gasteiger charge is 2.27. The molecule has 1 aromatic heterocycles. The predicted molar refractivity (Wildman–Crippen MR) is 119 cm³/mol. The molecule has 2 aromatic rings. The lowest BCUT2D eigenvalue weighted by Gasteiger charge is -2.41. The zero-order chi connectivity index (χ0) is 20.7. The van der Waals surface area contributed by atoms with Gasteiger partial charge >= 0.3 is 0 Å². The van der Waals surface area contributed by atoms with Crippen LogP contribution in [0.2, 0.25) is 0 Å². The maximum Gasteiger partial charge on any atom is 0.226 e. The van der Waals surface area contributed by atoms with Crippen LogP contribution in [0.4, 0.5) is 0 Å². The van der Waals surface area contributed by atoms with Gasteiger partial charge in [0.1, 0.15) is 6.26 Å². The van der Waals surface area contributed by atoms with Crippen molar-refractivity contribution in [3.63, 3.8) is 0 Å². The third-order valence-electron chi connectivity index (χ3n) is 5.65. The fourth-order valence-corrected chi connectivity index (χ4v) is 3.69. The van der Waals surface area contributed by atoms with Crippen LogP contribution in [0.3, 0.4) is 0 Å². The minimum absolute atomic E-state index is 0.118. The van der Waals surface area contributed by atoms with Crippen molar-refractivity contribution in [1.29, 1.82) is 0 Å². The average Bonchev–Trinajstić information content (AvgIpc) is 3.20. The summed E-state index contributed by atoms with van der Waals surface area (Å²) in [6.45, 7) is 10.7. The van der Waals surface area contributed by atoms with E-state index in [-0.39, 0.29) is 5.54 Å². The zero-order valence-electron chi connectivity index (χ0n) is 18.3. The van der Waals surface area contributed by atoms with Crippen LogP contribution in [0.1, 0.15) is 44.4 Å². The molecule has 0 spiro atoms. The van der Waals surface area contributed by atoms with Crippen LogP contribution in [0.25, 0.3) is 11.5 Å². The maximum absolute atomic E-state index is 5.64. The van der Waals surface area contributed by atoms with Crippen LogP contribution < -0.4 is 10.6 Å². The van der Waals surface area contributed by atoms with Crippen molar-refractivity contribution in [3.8, 4) is 11.5 Å². The molecule has 1 saturated heterocycles. The molecule has 0 bridgehead atoms. The number of aromatic nitrogens is 1. The lowest BCUT2D eigenvalue weighted by molar-refractivity contribution is 0.0982. The molecule has 1 aromatic carbocycles. The molecule has 0 aliphatic carbocycles. The third-order valence-corrected chi connectivity index (χ3v) is 5.65. The minimum Gasteiger partial charge on any atom is -0.444 e. The number of piperidine rings is 1. The van der Waals surface area contributed by atoms with Gasteiger partial charge in [0.15, 0.2) is 5.96 Å². The van der Waals surface area contributed by atoms with Crippen molar-refractivity contribution >= 4 is 5.96 Å². The van der Waals surface area contributed by atoms with Crippen molar-refractivity contribution in [3.05, 3.63) is 41.8 Å². The lowest BCUT2D eigenvalue weighted by Crippen LogP contribution is -2.55. The van der Waals surface area contributed by atoms with Gasteiger partial charge in [0.05, 0.1) is 5.69 Å². The normalized spacial score (nSPS) is 16.1. The van der Waals surface area contributed by atoms with Crippen molar-refractivity contribution in [2.45, 2.75) is 52.0 Å². The van der Waals surface area contributed by atoms with E-state index in [9.17, 15) is 0 Å². The Hall–Kier alpha value is -2.34. The summed E-state index contributed by atoms with van der Waals surface area (Å²) in [7, 11) is 1.81. The fraction of sp³-hybridized carbons (Fsp3) is 0.565. The molecule has 2 heterocycles. The Morgan fingerprint density at radius 2 is 1.86 bits per heavy atom. The van der Waals surface area contributed by atoms with Gasteiger partial charge in [-0.1, -0.05) is 24.1 Å². The SMILES string of the molecule is CN=C(NCCc1coc(-c2ccc(C)cc2)n1)NCC(C)(C)N1CCCCC1. The topological polar surface area (TPSA) is 65.7 Å². The van der Waals surface area contributed by atoms with Crippen LogP contribution in [-0.2, 0) is 6.42 Å². The Bertz CT molecular complexity index is 788. The Labute approximate surface area is 174 Å². The lowest BCUT2D eigenvalue weighted by atomic mass is 9.98. The Morgan fingerprint density at radius 1 is 1.14 bits per heavy atom. The van der Waals surface area contributed by atoms with Crippen LogP contribution in [0.15, 0.2) is 39.9 Å². The smallest absolute Gasteiger partial charge is 0.226 e. The number of nitrogens with one attached hydrogen (secondary N) is 2. The number of hydrogen-bond donors (Lipinski definition) is 2. The third kappa shape index (κ3) is 6.07. The standard InChI is InChI=1S/C23H35N5O/c1-18-8-10-19(11-9-18)21-27-20(16-29-21)12-13-25-22(24-4)26-17-23(2,3)28-14-6-5-7-15-28/h8-11,16H,5-7,12-15,17H2,1-4H3,(H2,24,25,26). The van der Waals surface area contributed by atoms with Crippen molar-refractivity contribution in [1.82, 2.24) is 20.5 Å². The summed E-state index contributed by atoms with van der Waals surface area (Å²) in [6.07, 6.45) is 6.49. The Morgan fingerprint density at radius 3 is 2.55 bits per heavy atom. The molecule has 1 aliphatic rings. The second-order valence-electron chi connectivity index (χ2n) is 8.47. The van der Waals surface area contributed by atoms with Crippen LogP contribution in [-0.4, -0.2) is 54.6 Å². The van der Waals surface area contributed by atoms with Crippen molar-refractivity contribution < 1.29 is 4.42 Å². The molecule has 0 saturated carbocycles. The molecule has 0 radical (unpaired) electrons. The summed E-state index contributed by atoms with van der Waals surface area (Å²) >= 11 is 0. The first-order chi connectivity index (χ1) is 14.0. The average molecular weight is 398 g/mol. The number of rotatable bonds is 7. The maximum atomic E-state index is 5.64. The first kappa shape index (κ1) is 21.4. The highest BCUT2D eigenvalue weighted by Crippen LogP contribution is 2.20. The molecular formula is C23H35N5O. The van der Waals surface area contributed by atoms with Gasteiger partial charge in [-0.25, -0.2) is 4.98 Å². The second-order valence-corrected chi connectivity index (χ2v) is 8.47. The molecular weight excluding hydrogens is 362 g/mol. The molecule has 0 unspecified atom stereocenters. The highest BCUT2D eigenvalue weighted by molar-refractivity contribution is 5.79. The largest absolute Gasteiger partial charge is 0.444 e. The number of aliphatic imine (C=N–C) groups is 1. The molecule has 0 atom stereocenters. The summed E-state index contributed by atoms with van der Waals surface area (Å²) < 4.78 is 5.64. The number of hydrogen-bond acceptors (Lipinski definition) is 4. The van der Waals surface area contributed by atoms with Gasteiger partial charge in [0.25, 0.3) is 0 Å². The number of nitrogens with zero attached hydrogens (tertiary/aromatic N) is 3. The van der Waals surface area contributed by atoms with Gasteiger partial charge in [-0.3, -0.25) is 9.89 Å². The molecule has 2 N–H and O–H groups in total. The zero-order valence-corrected chi connectivity index (χ0v) is 18.3. The molecule has 6 nitrogen and oxygen atoms in total. The number of aryl methyl sites for hydroxylation is 1. The van der Waals surface area contributed by atoms with Gasteiger partial charge in [-0.15, -0.1) is 0 Å². The Kier molecular flexibility index (Phi) is 7.31. The summed E-state index contributed by atoms with van der Waals surface area (Å²) in [6, 6.07) is 8.22. The Balaban J connectivity index is 1.44. The molecule has 1 aliphatic heterocycles. The first-order valence-corrected chi connectivity index (χ1v) is 10.7. The van der Waals surface area contributed by atoms with Crippen LogP contribution >= 0.6 is 0 Å². The molecule has 158 valence electrons. The fourth-order valence-electron chi connectivity index (χ4n) is 3.69. The summed E-state index contributed by atoms with van der Waals surface area (Å²) in [5.41, 5.74) is 3.30. The van der Waals surface area contributed by atoms with Gasteiger partial charge < -0.3 is 15.1 Å². The first-order valence-electron chi connectivity index (χ1n) is 10.7. The van der Waals surface area contributed by atoms with Crippen LogP contribution in [0.5, 0.6) is 0 Å². The molecule has 3 rings (SSSR count). The number of likely N-dealkylation sites (tertiary alicyclic amines) is 1. The molecule has 0 amide bonds. The molecule has 29 heavy (non-hydrogen) atoms. The van der Waals surface area contributed by atoms with E-state index < -0.39 is 0 Å². The summed E-state index contributed by atoms with van der Waals surface area (Å²) in [4.78, 5) is 11.5. The van der Waals surface area contributed by atoms with E-state index in [1.54, 1.807) is 6.26 Å². The van der Waals surface area contributed by atoms with E-state index in [4.69, 9.17) is 4.42 Å². The van der Waals surface area contributed by atoms with E-state index in [1.165, 1.54) is 37.9 Å². The predicted octanol–water partition coefficient (Wildman–Crippen LogP) is 3.62.